The summed E-state index contributed by atoms with van der Waals surface area (Å²) in [6.07, 6.45) is 12.7. The highest BCUT2D eigenvalue weighted by molar-refractivity contribution is 14.0. The lowest BCUT2D eigenvalue weighted by molar-refractivity contribution is 0.186. The molecule has 4 atom stereocenters. The van der Waals surface area contributed by atoms with Gasteiger partial charge in [-0.25, -0.2) is 4.98 Å². The van der Waals surface area contributed by atoms with Crippen LogP contribution in [0, 0.1) is 17.8 Å². The Balaban J connectivity index is 0.00000225. The maximum Gasteiger partial charge on any atom is 0.193 e. The van der Waals surface area contributed by atoms with Gasteiger partial charge >= 0.3 is 0 Å². The number of halogens is 1. The van der Waals surface area contributed by atoms with E-state index in [1.807, 2.05) is 19.6 Å². The van der Waals surface area contributed by atoms with Gasteiger partial charge in [0, 0.05) is 39.1 Å². The second kappa shape index (κ2) is 9.78. The second-order valence-corrected chi connectivity index (χ2v) is 7.74. The molecule has 25 heavy (non-hydrogen) atoms. The van der Waals surface area contributed by atoms with Crippen molar-refractivity contribution in [2.45, 2.75) is 52.0 Å². The third kappa shape index (κ3) is 5.11. The van der Waals surface area contributed by atoms with E-state index in [9.17, 15) is 0 Å². The maximum atomic E-state index is 4.57. The minimum absolute atomic E-state index is 0. The monoisotopic (exact) mass is 459 g/mol. The van der Waals surface area contributed by atoms with Gasteiger partial charge in [0.15, 0.2) is 5.96 Å². The molecule has 5 nitrogen and oxygen atoms in total. The molecule has 1 aromatic heterocycles. The van der Waals surface area contributed by atoms with Crippen molar-refractivity contribution in [2.24, 2.45) is 22.7 Å². The van der Waals surface area contributed by atoms with Crippen molar-refractivity contribution in [1.29, 1.82) is 0 Å². The molecule has 2 heterocycles. The Morgan fingerprint density at radius 1 is 1.20 bits per heavy atom. The van der Waals surface area contributed by atoms with Crippen molar-refractivity contribution in [3.8, 4) is 0 Å². The number of aromatic nitrogens is 2. The fourth-order valence-electron chi connectivity index (χ4n) is 4.35. The zero-order valence-corrected chi connectivity index (χ0v) is 18.2. The molecular formula is C19H34IN5. The molecule has 0 amide bonds. The normalized spacial score (nSPS) is 30.7. The van der Waals surface area contributed by atoms with Gasteiger partial charge < -0.3 is 14.8 Å². The summed E-state index contributed by atoms with van der Waals surface area (Å²) in [6.45, 7) is 7.92. The van der Waals surface area contributed by atoms with Gasteiger partial charge in [-0.1, -0.05) is 33.1 Å². The molecule has 0 spiro atoms. The largest absolute Gasteiger partial charge is 0.356 e. The van der Waals surface area contributed by atoms with E-state index in [2.05, 4.69) is 44.8 Å². The van der Waals surface area contributed by atoms with Gasteiger partial charge in [0.25, 0.3) is 0 Å². The standard InChI is InChI=1S/C19H33N5.HI/c1-15-6-4-5-7-17(15)12-22-19(20-3)23-10-8-16(2)18(13-23)24-11-9-21-14-24;/h9,11,14-18H,4-8,10,12-13H2,1-3H3,(H,20,22);1H. The molecule has 0 bridgehead atoms. The highest BCUT2D eigenvalue weighted by Crippen LogP contribution is 2.30. The van der Waals surface area contributed by atoms with Crippen molar-refractivity contribution >= 4 is 29.9 Å². The van der Waals surface area contributed by atoms with Gasteiger partial charge in [0.05, 0.1) is 12.4 Å². The number of rotatable bonds is 3. The van der Waals surface area contributed by atoms with Crippen LogP contribution in [0.15, 0.2) is 23.7 Å². The highest BCUT2D eigenvalue weighted by Gasteiger charge is 2.29. The van der Waals surface area contributed by atoms with Crippen molar-refractivity contribution < 1.29 is 0 Å². The minimum atomic E-state index is 0. The van der Waals surface area contributed by atoms with E-state index in [1.165, 1.54) is 32.1 Å². The Kier molecular flexibility index (Phi) is 8.03. The first-order chi connectivity index (χ1) is 11.7. The zero-order valence-electron chi connectivity index (χ0n) is 15.9. The van der Waals surface area contributed by atoms with E-state index in [4.69, 9.17) is 0 Å². The zero-order chi connectivity index (χ0) is 16.9. The Morgan fingerprint density at radius 2 is 2.00 bits per heavy atom. The van der Waals surface area contributed by atoms with Crippen molar-refractivity contribution in [3.05, 3.63) is 18.7 Å². The lowest BCUT2D eigenvalue weighted by Gasteiger charge is -2.40. The van der Waals surface area contributed by atoms with Crippen molar-refractivity contribution in [3.63, 3.8) is 0 Å². The van der Waals surface area contributed by atoms with Gasteiger partial charge in [-0.3, -0.25) is 4.99 Å². The predicted octanol–water partition coefficient (Wildman–Crippen LogP) is 3.79. The highest BCUT2D eigenvalue weighted by atomic mass is 127. The average Bonchev–Trinajstić information content (AvgIpc) is 3.12. The quantitative estimate of drug-likeness (QED) is 0.425. The Bertz CT molecular complexity index is 530. The SMILES string of the molecule is CN=C(NCC1CCCCC1C)N1CCC(C)C(n2ccnc2)C1.I. The Hall–Kier alpha value is -0.790. The molecule has 0 aromatic carbocycles. The van der Waals surface area contributed by atoms with Gasteiger partial charge in [-0.15, -0.1) is 24.0 Å². The van der Waals surface area contributed by atoms with Crippen LogP contribution in [0.25, 0.3) is 0 Å². The van der Waals surface area contributed by atoms with Crippen LogP contribution in [0.1, 0.15) is 52.0 Å². The molecule has 1 saturated heterocycles. The van der Waals surface area contributed by atoms with Crippen LogP contribution in [-0.4, -0.2) is 47.1 Å². The third-order valence-corrected chi connectivity index (χ3v) is 6.15. The number of hydrogen-bond donors (Lipinski definition) is 1. The molecule has 1 aliphatic heterocycles. The summed E-state index contributed by atoms with van der Waals surface area (Å²) >= 11 is 0. The predicted molar refractivity (Wildman–Crippen MR) is 115 cm³/mol. The summed E-state index contributed by atoms with van der Waals surface area (Å²) in [5.74, 6) is 3.38. The van der Waals surface area contributed by atoms with Gasteiger partial charge in [-0.05, 0) is 30.6 Å². The summed E-state index contributed by atoms with van der Waals surface area (Å²) in [5, 5.41) is 3.67. The first-order valence-corrected chi connectivity index (χ1v) is 9.62. The molecule has 4 unspecified atom stereocenters. The van der Waals surface area contributed by atoms with Crippen LogP contribution in [0.4, 0.5) is 0 Å². The number of guanidine groups is 1. The summed E-state index contributed by atoms with van der Waals surface area (Å²) < 4.78 is 2.26. The van der Waals surface area contributed by atoms with E-state index in [1.54, 1.807) is 0 Å². The minimum Gasteiger partial charge on any atom is -0.356 e. The number of hydrogen-bond acceptors (Lipinski definition) is 2. The van der Waals surface area contributed by atoms with E-state index in [0.29, 0.717) is 12.0 Å². The van der Waals surface area contributed by atoms with Gasteiger partial charge in [0.1, 0.15) is 0 Å². The first kappa shape index (κ1) is 20.5. The second-order valence-electron chi connectivity index (χ2n) is 7.74. The smallest absolute Gasteiger partial charge is 0.193 e. The maximum absolute atomic E-state index is 4.57. The number of nitrogens with zero attached hydrogens (tertiary/aromatic N) is 4. The number of aliphatic imine (C=N–C) groups is 1. The number of imidazole rings is 1. The fraction of sp³-hybridized carbons (Fsp3) is 0.789. The van der Waals surface area contributed by atoms with Gasteiger partial charge in [0.2, 0.25) is 0 Å². The summed E-state index contributed by atoms with van der Waals surface area (Å²) in [4.78, 5) is 11.2. The number of nitrogens with one attached hydrogen (secondary N) is 1. The van der Waals surface area contributed by atoms with E-state index < -0.39 is 0 Å². The topological polar surface area (TPSA) is 45.5 Å². The molecule has 1 aliphatic carbocycles. The fourth-order valence-corrected chi connectivity index (χ4v) is 4.35. The van der Waals surface area contributed by atoms with Crippen LogP contribution in [0.5, 0.6) is 0 Å². The van der Waals surface area contributed by atoms with Crippen LogP contribution in [0.2, 0.25) is 0 Å². The van der Waals surface area contributed by atoms with E-state index in [0.717, 1.165) is 37.4 Å². The summed E-state index contributed by atoms with van der Waals surface area (Å²) in [6, 6.07) is 0.480. The molecule has 3 rings (SSSR count). The molecule has 0 radical (unpaired) electrons. The van der Waals surface area contributed by atoms with Crippen LogP contribution in [0.3, 0.4) is 0 Å². The van der Waals surface area contributed by atoms with E-state index >= 15 is 0 Å². The molecule has 2 aliphatic rings. The van der Waals surface area contributed by atoms with Crippen molar-refractivity contribution in [1.82, 2.24) is 19.8 Å². The number of likely N-dealkylation sites (tertiary alicyclic amines) is 1. The van der Waals surface area contributed by atoms with Gasteiger partial charge in [-0.2, -0.15) is 0 Å². The van der Waals surface area contributed by atoms with Crippen LogP contribution in [-0.2, 0) is 0 Å². The average molecular weight is 459 g/mol. The first-order valence-electron chi connectivity index (χ1n) is 9.62. The summed E-state index contributed by atoms with van der Waals surface area (Å²) in [7, 11) is 1.91. The van der Waals surface area contributed by atoms with Crippen LogP contribution < -0.4 is 5.32 Å². The Morgan fingerprint density at radius 3 is 2.68 bits per heavy atom. The Labute approximate surface area is 169 Å². The molecule has 142 valence electrons. The molecule has 6 heteroatoms. The molecule has 2 fully saturated rings. The molecule has 1 aromatic rings. The lowest BCUT2D eigenvalue weighted by Crippen LogP contribution is -2.50. The number of piperidine rings is 1. The van der Waals surface area contributed by atoms with E-state index in [-0.39, 0.29) is 24.0 Å². The van der Waals surface area contributed by atoms with Crippen LogP contribution >= 0.6 is 24.0 Å². The molecular weight excluding hydrogens is 425 g/mol. The summed E-state index contributed by atoms with van der Waals surface area (Å²) in [5.41, 5.74) is 0. The third-order valence-electron chi connectivity index (χ3n) is 6.15. The molecule has 1 saturated carbocycles. The van der Waals surface area contributed by atoms with Crippen molar-refractivity contribution in [2.75, 3.05) is 26.7 Å². The molecule has 1 N–H and O–H groups in total. The lowest BCUT2D eigenvalue weighted by atomic mass is 9.80.